The van der Waals surface area contributed by atoms with Gasteiger partial charge in [0.1, 0.15) is 0 Å². The largest absolute Gasteiger partial charge is 0.469 e. The maximum atomic E-state index is 11.2. The standard InChI is InChI=1S/C14H19ClO4/c1-14(2,17)19-12(8-9-13(16)18-3)10-6-4-5-7-11(10)15/h4-7,12,17H,8-9H2,1-3H3. The van der Waals surface area contributed by atoms with E-state index < -0.39 is 11.9 Å². The van der Waals surface area contributed by atoms with Crippen LogP contribution >= 0.6 is 11.6 Å². The van der Waals surface area contributed by atoms with E-state index in [1.807, 2.05) is 18.2 Å². The molecule has 0 saturated carbocycles. The summed E-state index contributed by atoms with van der Waals surface area (Å²) in [6.07, 6.45) is 0.121. The normalized spacial score (nSPS) is 13.1. The highest BCUT2D eigenvalue weighted by atomic mass is 35.5. The van der Waals surface area contributed by atoms with Crippen LogP contribution in [-0.4, -0.2) is 24.0 Å². The third kappa shape index (κ3) is 5.59. The predicted octanol–water partition coefficient (Wildman–Crippen LogP) is 3.08. The maximum absolute atomic E-state index is 11.2. The van der Waals surface area contributed by atoms with E-state index in [-0.39, 0.29) is 12.4 Å². The number of esters is 1. The molecular formula is C14H19ClO4. The zero-order valence-electron chi connectivity index (χ0n) is 11.4. The Balaban J connectivity index is 2.86. The summed E-state index contributed by atoms with van der Waals surface area (Å²) in [5.41, 5.74) is 0.746. The molecular weight excluding hydrogens is 268 g/mol. The van der Waals surface area contributed by atoms with Crippen molar-refractivity contribution < 1.29 is 19.4 Å². The Bertz CT molecular complexity index is 426. The number of hydrogen-bond donors (Lipinski definition) is 1. The lowest BCUT2D eigenvalue weighted by Gasteiger charge is -2.27. The smallest absolute Gasteiger partial charge is 0.305 e. The molecule has 1 unspecified atom stereocenters. The van der Waals surface area contributed by atoms with Crippen molar-refractivity contribution in [3.05, 3.63) is 34.9 Å². The van der Waals surface area contributed by atoms with Gasteiger partial charge in [0.05, 0.1) is 13.2 Å². The number of carbonyl (C=O) groups excluding carboxylic acids is 1. The van der Waals surface area contributed by atoms with Crippen molar-refractivity contribution in [3.63, 3.8) is 0 Å². The molecule has 19 heavy (non-hydrogen) atoms. The van der Waals surface area contributed by atoms with Gasteiger partial charge >= 0.3 is 5.97 Å². The summed E-state index contributed by atoms with van der Waals surface area (Å²) in [5, 5.41) is 10.3. The predicted molar refractivity (Wildman–Crippen MR) is 72.8 cm³/mol. The molecule has 0 amide bonds. The number of rotatable bonds is 6. The van der Waals surface area contributed by atoms with Gasteiger partial charge in [0.2, 0.25) is 0 Å². The minimum atomic E-state index is -1.31. The van der Waals surface area contributed by atoms with Crippen LogP contribution < -0.4 is 0 Å². The lowest BCUT2D eigenvalue weighted by atomic mass is 10.0. The maximum Gasteiger partial charge on any atom is 0.305 e. The molecule has 5 heteroatoms. The van der Waals surface area contributed by atoms with Crippen molar-refractivity contribution in [2.75, 3.05) is 7.11 Å². The van der Waals surface area contributed by atoms with E-state index in [1.165, 1.54) is 21.0 Å². The molecule has 1 N–H and O–H groups in total. The Kier molecular flexibility index (Phi) is 5.79. The molecule has 4 nitrogen and oxygen atoms in total. The van der Waals surface area contributed by atoms with Crippen LogP contribution in [0, 0.1) is 0 Å². The van der Waals surface area contributed by atoms with Gasteiger partial charge in [-0.15, -0.1) is 0 Å². The second kappa shape index (κ2) is 6.89. The summed E-state index contributed by atoms with van der Waals surface area (Å²) in [7, 11) is 1.34. The van der Waals surface area contributed by atoms with Crippen molar-refractivity contribution in [2.24, 2.45) is 0 Å². The van der Waals surface area contributed by atoms with Crippen LogP contribution in [0.15, 0.2) is 24.3 Å². The third-order valence-electron chi connectivity index (χ3n) is 2.52. The number of ether oxygens (including phenoxy) is 2. The fourth-order valence-electron chi connectivity index (χ4n) is 1.71. The Hall–Kier alpha value is -1.10. The molecule has 0 radical (unpaired) electrons. The first-order valence-corrected chi connectivity index (χ1v) is 6.42. The lowest BCUT2D eigenvalue weighted by molar-refractivity contribution is -0.210. The summed E-state index contributed by atoms with van der Waals surface area (Å²) in [6.45, 7) is 3.07. The first-order valence-electron chi connectivity index (χ1n) is 6.05. The number of methoxy groups -OCH3 is 1. The van der Waals surface area contributed by atoms with Crippen LogP contribution in [0.3, 0.4) is 0 Å². The summed E-state index contributed by atoms with van der Waals surface area (Å²) in [6, 6.07) is 7.21. The molecule has 1 aromatic rings. The number of halogens is 1. The quantitative estimate of drug-likeness (QED) is 0.645. The molecule has 0 aliphatic heterocycles. The SMILES string of the molecule is COC(=O)CCC(OC(C)(C)O)c1ccccc1Cl. The van der Waals surface area contributed by atoms with Crippen LogP contribution in [0.4, 0.5) is 0 Å². The van der Waals surface area contributed by atoms with Crippen LogP contribution in [0.1, 0.15) is 38.4 Å². The number of carbonyl (C=O) groups is 1. The van der Waals surface area contributed by atoms with Gasteiger partial charge in [-0.2, -0.15) is 0 Å². The molecule has 0 saturated heterocycles. The van der Waals surface area contributed by atoms with Gasteiger partial charge in [-0.05, 0) is 31.9 Å². The minimum absolute atomic E-state index is 0.197. The first kappa shape index (κ1) is 16.0. The lowest BCUT2D eigenvalue weighted by Crippen LogP contribution is -2.26. The highest BCUT2D eigenvalue weighted by molar-refractivity contribution is 6.31. The van der Waals surface area contributed by atoms with Crippen molar-refractivity contribution >= 4 is 17.6 Å². The highest BCUT2D eigenvalue weighted by Gasteiger charge is 2.24. The number of aliphatic hydroxyl groups is 1. The van der Waals surface area contributed by atoms with Crippen LogP contribution in [0.5, 0.6) is 0 Å². The molecule has 0 fully saturated rings. The molecule has 1 aromatic carbocycles. The van der Waals surface area contributed by atoms with Crippen molar-refractivity contribution in [1.29, 1.82) is 0 Å². The van der Waals surface area contributed by atoms with Gasteiger partial charge in [-0.25, -0.2) is 0 Å². The fourth-order valence-corrected chi connectivity index (χ4v) is 1.97. The summed E-state index contributed by atoms with van der Waals surface area (Å²) in [4.78, 5) is 11.2. The topological polar surface area (TPSA) is 55.8 Å². The van der Waals surface area contributed by atoms with Gasteiger partial charge in [0.15, 0.2) is 5.79 Å². The molecule has 0 bridgehead atoms. The Morgan fingerprint density at radius 3 is 2.58 bits per heavy atom. The van der Waals surface area contributed by atoms with Gasteiger partial charge in [-0.3, -0.25) is 4.79 Å². The van der Waals surface area contributed by atoms with Gasteiger partial charge in [0, 0.05) is 11.4 Å². The van der Waals surface area contributed by atoms with Crippen molar-refractivity contribution in [3.8, 4) is 0 Å². The number of hydrogen-bond acceptors (Lipinski definition) is 4. The first-order chi connectivity index (χ1) is 8.83. The summed E-state index contributed by atoms with van der Waals surface area (Å²) < 4.78 is 10.2. The van der Waals surface area contributed by atoms with Crippen molar-refractivity contribution in [2.45, 2.75) is 38.6 Å². The average Bonchev–Trinajstić information content (AvgIpc) is 2.33. The average molecular weight is 287 g/mol. The second-order valence-corrected chi connectivity index (χ2v) is 5.10. The van der Waals surface area contributed by atoms with Gasteiger partial charge < -0.3 is 14.6 Å². The third-order valence-corrected chi connectivity index (χ3v) is 2.87. The van der Waals surface area contributed by atoms with E-state index in [1.54, 1.807) is 6.07 Å². The molecule has 0 aliphatic rings. The van der Waals surface area contributed by atoms with Gasteiger partial charge in [-0.1, -0.05) is 29.8 Å². The van der Waals surface area contributed by atoms with Crippen molar-refractivity contribution in [1.82, 2.24) is 0 Å². The van der Waals surface area contributed by atoms with E-state index in [4.69, 9.17) is 16.3 Å². The Labute approximate surface area is 118 Å². The Morgan fingerprint density at radius 1 is 1.42 bits per heavy atom. The number of benzene rings is 1. The Morgan fingerprint density at radius 2 is 2.05 bits per heavy atom. The monoisotopic (exact) mass is 286 g/mol. The minimum Gasteiger partial charge on any atom is -0.469 e. The van der Waals surface area contributed by atoms with Crippen LogP contribution in [-0.2, 0) is 14.3 Å². The molecule has 1 atom stereocenters. The van der Waals surface area contributed by atoms with Gasteiger partial charge in [0.25, 0.3) is 0 Å². The van der Waals surface area contributed by atoms with E-state index >= 15 is 0 Å². The molecule has 0 aromatic heterocycles. The van der Waals surface area contributed by atoms with E-state index in [0.29, 0.717) is 11.4 Å². The summed E-state index contributed by atoms with van der Waals surface area (Å²) >= 11 is 6.12. The van der Waals surface area contributed by atoms with E-state index in [9.17, 15) is 9.90 Å². The molecule has 1 rings (SSSR count). The highest BCUT2D eigenvalue weighted by Crippen LogP contribution is 2.32. The van der Waals surface area contributed by atoms with Crippen LogP contribution in [0.25, 0.3) is 0 Å². The van der Waals surface area contributed by atoms with Crippen LogP contribution in [0.2, 0.25) is 5.02 Å². The van der Waals surface area contributed by atoms with E-state index in [0.717, 1.165) is 5.56 Å². The molecule has 0 heterocycles. The zero-order valence-corrected chi connectivity index (χ0v) is 12.1. The zero-order chi connectivity index (χ0) is 14.5. The fraction of sp³-hybridized carbons (Fsp3) is 0.500. The van der Waals surface area contributed by atoms with E-state index in [2.05, 4.69) is 4.74 Å². The molecule has 106 valence electrons. The second-order valence-electron chi connectivity index (χ2n) is 4.69. The summed E-state index contributed by atoms with van der Waals surface area (Å²) in [5.74, 6) is -1.63. The molecule has 0 spiro atoms. The molecule has 0 aliphatic carbocycles.